The Kier molecular flexibility index (Phi) is 3.58. The van der Waals surface area contributed by atoms with E-state index in [1.165, 1.54) is 30.4 Å². The van der Waals surface area contributed by atoms with Crippen LogP contribution in [0.5, 0.6) is 0 Å². The zero-order chi connectivity index (χ0) is 12.5. The van der Waals surface area contributed by atoms with E-state index in [2.05, 4.69) is 57.3 Å². The highest BCUT2D eigenvalue weighted by Gasteiger charge is 2.34. The molecule has 0 amide bonds. The van der Waals surface area contributed by atoms with Gasteiger partial charge in [0, 0.05) is 12.1 Å². The normalized spacial score (nSPS) is 24.8. The van der Waals surface area contributed by atoms with Gasteiger partial charge >= 0.3 is 0 Å². The zero-order valence-electron chi connectivity index (χ0n) is 11.6. The van der Waals surface area contributed by atoms with Gasteiger partial charge in [0.25, 0.3) is 0 Å². The van der Waals surface area contributed by atoms with Gasteiger partial charge in [-0.05, 0) is 37.7 Å². The molecule has 0 saturated heterocycles. The van der Waals surface area contributed by atoms with Crippen LogP contribution in [0.2, 0.25) is 0 Å². The first kappa shape index (κ1) is 12.6. The minimum atomic E-state index is 0.456. The molecule has 1 aliphatic carbocycles. The summed E-state index contributed by atoms with van der Waals surface area (Å²) in [6.07, 6.45) is 4.04. The smallest absolute Gasteiger partial charge is 0.0294 e. The molecule has 0 spiro atoms. The second-order valence-electron chi connectivity index (χ2n) is 6.24. The Bertz CT molecular complexity index is 381. The number of hydrogen-bond donors (Lipinski definition) is 1. The molecule has 94 valence electrons. The first-order valence-corrected chi connectivity index (χ1v) is 6.82. The molecule has 0 aromatic heterocycles. The van der Waals surface area contributed by atoms with Crippen LogP contribution in [-0.4, -0.2) is 6.04 Å². The molecule has 1 saturated carbocycles. The van der Waals surface area contributed by atoms with Crippen molar-refractivity contribution in [2.45, 2.75) is 59.0 Å². The Hall–Kier alpha value is -0.820. The molecule has 1 nitrogen and oxygen atoms in total. The van der Waals surface area contributed by atoms with E-state index >= 15 is 0 Å². The van der Waals surface area contributed by atoms with Crippen molar-refractivity contribution in [1.29, 1.82) is 0 Å². The fourth-order valence-electron chi connectivity index (χ4n) is 2.97. The lowest BCUT2D eigenvalue weighted by atomic mass is 9.86. The van der Waals surface area contributed by atoms with E-state index in [0.717, 1.165) is 0 Å². The minimum absolute atomic E-state index is 0.456. The zero-order valence-corrected chi connectivity index (χ0v) is 11.6. The van der Waals surface area contributed by atoms with Crippen molar-refractivity contribution < 1.29 is 0 Å². The molecule has 2 atom stereocenters. The van der Waals surface area contributed by atoms with Crippen molar-refractivity contribution >= 4 is 0 Å². The number of hydrogen-bond acceptors (Lipinski definition) is 1. The Morgan fingerprint density at radius 2 is 2.12 bits per heavy atom. The van der Waals surface area contributed by atoms with Crippen molar-refractivity contribution in [3.05, 3.63) is 35.4 Å². The monoisotopic (exact) mass is 231 g/mol. The van der Waals surface area contributed by atoms with Gasteiger partial charge in [-0.15, -0.1) is 0 Å². The molecule has 1 unspecified atom stereocenters. The van der Waals surface area contributed by atoms with E-state index in [1.807, 2.05) is 0 Å². The maximum Gasteiger partial charge on any atom is 0.0294 e. The van der Waals surface area contributed by atoms with Crippen molar-refractivity contribution in [2.24, 2.45) is 5.41 Å². The van der Waals surface area contributed by atoms with Crippen LogP contribution in [0.25, 0.3) is 0 Å². The van der Waals surface area contributed by atoms with Gasteiger partial charge in [0.1, 0.15) is 0 Å². The molecule has 0 aliphatic heterocycles. The molecule has 2 rings (SSSR count). The average Bonchev–Trinajstić information content (AvgIpc) is 2.58. The van der Waals surface area contributed by atoms with E-state index in [0.29, 0.717) is 17.5 Å². The van der Waals surface area contributed by atoms with Crippen molar-refractivity contribution in [3.63, 3.8) is 0 Å². The van der Waals surface area contributed by atoms with Gasteiger partial charge in [-0.25, -0.2) is 0 Å². The van der Waals surface area contributed by atoms with Crippen LogP contribution in [0.15, 0.2) is 24.3 Å². The summed E-state index contributed by atoms with van der Waals surface area (Å²) in [5.41, 5.74) is 3.22. The third kappa shape index (κ3) is 2.90. The first-order chi connectivity index (χ1) is 7.99. The van der Waals surface area contributed by atoms with Crippen LogP contribution < -0.4 is 5.32 Å². The highest BCUT2D eigenvalue weighted by molar-refractivity contribution is 5.24. The molecule has 0 heterocycles. The van der Waals surface area contributed by atoms with Gasteiger partial charge < -0.3 is 5.32 Å². The molecule has 1 N–H and O–H groups in total. The summed E-state index contributed by atoms with van der Waals surface area (Å²) in [5, 5.41) is 3.81. The van der Waals surface area contributed by atoms with Crippen LogP contribution in [-0.2, 0) is 0 Å². The number of aryl methyl sites for hydroxylation is 1. The average molecular weight is 231 g/mol. The third-order valence-electron chi connectivity index (χ3n) is 4.25. The molecular weight excluding hydrogens is 206 g/mol. The standard InChI is InChI=1S/C16H25N/c1-12-7-5-8-14(11-12)13(2)17-15-9-6-10-16(15,3)4/h5,7-8,11,13,15,17H,6,9-10H2,1-4H3/t13-,15?/m0/s1. The summed E-state index contributed by atoms with van der Waals surface area (Å²) in [5.74, 6) is 0. The van der Waals surface area contributed by atoms with E-state index in [4.69, 9.17) is 0 Å². The quantitative estimate of drug-likeness (QED) is 0.821. The minimum Gasteiger partial charge on any atom is -0.307 e. The summed E-state index contributed by atoms with van der Waals surface area (Å²) in [4.78, 5) is 0. The largest absolute Gasteiger partial charge is 0.307 e. The van der Waals surface area contributed by atoms with E-state index in [-0.39, 0.29) is 0 Å². The molecule has 1 aliphatic rings. The molecule has 1 aromatic rings. The predicted octanol–water partition coefficient (Wildman–Crippen LogP) is 4.22. The molecule has 0 bridgehead atoms. The van der Waals surface area contributed by atoms with Crippen LogP contribution in [0.1, 0.15) is 57.2 Å². The second-order valence-corrected chi connectivity index (χ2v) is 6.24. The molecule has 1 fully saturated rings. The third-order valence-corrected chi connectivity index (χ3v) is 4.25. The van der Waals surface area contributed by atoms with Gasteiger partial charge in [-0.1, -0.05) is 50.1 Å². The van der Waals surface area contributed by atoms with Gasteiger partial charge in [-0.3, -0.25) is 0 Å². The topological polar surface area (TPSA) is 12.0 Å². The van der Waals surface area contributed by atoms with E-state index in [1.54, 1.807) is 0 Å². The summed E-state index contributed by atoms with van der Waals surface area (Å²) in [6, 6.07) is 9.96. The first-order valence-electron chi connectivity index (χ1n) is 6.82. The molecule has 0 radical (unpaired) electrons. The van der Waals surface area contributed by atoms with E-state index in [9.17, 15) is 0 Å². The van der Waals surface area contributed by atoms with Crippen LogP contribution in [0.4, 0.5) is 0 Å². The van der Waals surface area contributed by atoms with Gasteiger partial charge in [0.2, 0.25) is 0 Å². The van der Waals surface area contributed by atoms with E-state index < -0.39 is 0 Å². The van der Waals surface area contributed by atoms with Crippen molar-refractivity contribution in [2.75, 3.05) is 0 Å². The molecule has 1 aromatic carbocycles. The number of rotatable bonds is 3. The lowest BCUT2D eigenvalue weighted by molar-refractivity contribution is 0.266. The van der Waals surface area contributed by atoms with Crippen molar-refractivity contribution in [3.8, 4) is 0 Å². The maximum absolute atomic E-state index is 3.81. The Balaban J connectivity index is 2.04. The maximum atomic E-state index is 3.81. The summed E-state index contributed by atoms with van der Waals surface area (Å²) in [7, 11) is 0. The summed E-state index contributed by atoms with van der Waals surface area (Å²) in [6.45, 7) is 9.22. The van der Waals surface area contributed by atoms with Crippen LogP contribution in [0, 0.1) is 12.3 Å². The van der Waals surface area contributed by atoms with Gasteiger partial charge in [0.15, 0.2) is 0 Å². The molecule has 17 heavy (non-hydrogen) atoms. The lowest BCUT2D eigenvalue weighted by Gasteiger charge is -2.31. The molecule has 1 heteroatoms. The summed E-state index contributed by atoms with van der Waals surface area (Å²) < 4.78 is 0. The fourth-order valence-corrected chi connectivity index (χ4v) is 2.97. The Morgan fingerprint density at radius 1 is 1.35 bits per heavy atom. The summed E-state index contributed by atoms with van der Waals surface area (Å²) >= 11 is 0. The highest BCUT2D eigenvalue weighted by Crippen LogP contribution is 2.38. The van der Waals surface area contributed by atoms with Crippen molar-refractivity contribution in [1.82, 2.24) is 5.32 Å². The molecular formula is C16H25N. The Labute approximate surface area is 106 Å². The number of benzene rings is 1. The van der Waals surface area contributed by atoms with Crippen LogP contribution >= 0.6 is 0 Å². The van der Waals surface area contributed by atoms with Gasteiger partial charge in [-0.2, -0.15) is 0 Å². The highest BCUT2D eigenvalue weighted by atomic mass is 15.0. The Morgan fingerprint density at radius 3 is 2.71 bits per heavy atom. The fraction of sp³-hybridized carbons (Fsp3) is 0.625. The second kappa shape index (κ2) is 4.81. The lowest BCUT2D eigenvalue weighted by Crippen LogP contribution is -2.39. The van der Waals surface area contributed by atoms with Crippen LogP contribution in [0.3, 0.4) is 0 Å². The number of nitrogens with one attached hydrogen (secondary N) is 1. The SMILES string of the molecule is Cc1cccc([C@H](C)NC2CCCC2(C)C)c1. The predicted molar refractivity (Wildman–Crippen MR) is 74.1 cm³/mol. The van der Waals surface area contributed by atoms with Gasteiger partial charge in [0.05, 0.1) is 0 Å².